The highest BCUT2D eigenvalue weighted by molar-refractivity contribution is 9.10. The normalized spacial score (nSPS) is 10.3. The Morgan fingerprint density at radius 2 is 1.76 bits per heavy atom. The fourth-order valence-corrected chi connectivity index (χ4v) is 1.90. The maximum absolute atomic E-state index is 13.0. The lowest BCUT2D eigenvalue weighted by Crippen LogP contribution is -2.11. The first-order valence-corrected chi connectivity index (χ1v) is 5.91. The van der Waals surface area contributed by atoms with Gasteiger partial charge >= 0.3 is 0 Å². The maximum atomic E-state index is 13.0. The van der Waals surface area contributed by atoms with E-state index in [0.29, 0.717) is 5.69 Å². The zero-order valence-electron chi connectivity index (χ0n) is 9.32. The van der Waals surface area contributed by atoms with Gasteiger partial charge in [-0.1, -0.05) is 15.9 Å². The SMILES string of the molecule is CN(c1ccc(Br)cc1)c1ccc(F)cc1N. The van der Waals surface area contributed by atoms with E-state index in [9.17, 15) is 4.39 Å². The highest BCUT2D eigenvalue weighted by Crippen LogP contribution is 2.29. The fourth-order valence-electron chi connectivity index (χ4n) is 1.63. The molecule has 0 bridgehead atoms. The molecule has 88 valence electrons. The summed E-state index contributed by atoms with van der Waals surface area (Å²) in [4.78, 5) is 1.92. The van der Waals surface area contributed by atoms with Crippen molar-refractivity contribution in [2.24, 2.45) is 0 Å². The first kappa shape index (κ1) is 11.9. The van der Waals surface area contributed by atoms with Gasteiger partial charge < -0.3 is 10.6 Å². The monoisotopic (exact) mass is 294 g/mol. The molecule has 0 saturated heterocycles. The number of nitrogens with two attached hydrogens (primary N) is 1. The molecule has 0 atom stereocenters. The van der Waals surface area contributed by atoms with Gasteiger partial charge in [0.05, 0.1) is 11.4 Å². The molecule has 17 heavy (non-hydrogen) atoms. The Bertz CT molecular complexity index is 525. The van der Waals surface area contributed by atoms with Crippen LogP contribution in [0.5, 0.6) is 0 Å². The van der Waals surface area contributed by atoms with Gasteiger partial charge in [-0.25, -0.2) is 4.39 Å². The van der Waals surface area contributed by atoms with Gasteiger partial charge in [0, 0.05) is 17.2 Å². The third kappa shape index (κ3) is 2.58. The zero-order chi connectivity index (χ0) is 12.4. The molecule has 2 N–H and O–H groups in total. The number of hydrogen-bond acceptors (Lipinski definition) is 2. The molecular weight excluding hydrogens is 283 g/mol. The molecule has 0 heterocycles. The van der Waals surface area contributed by atoms with Crippen molar-refractivity contribution >= 4 is 33.0 Å². The van der Waals surface area contributed by atoms with Gasteiger partial charge in [-0.3, -0.25) is 0 Å². The third-order valence-electron chi connectivity index (χ3n) is 2.56. The van der Waals surface area contributed by atoms with Crippen molar-refractivity contribution in [3.8, 4) is 0 Å². The summed E-state index contributed by atoms with van der Waals surface area (Å²) in [6.07, 6.45) is 0. The molecule has 2 aromatic rings. The van der Waals surface area contributed by atoms with E-state index in [4.69, 9.17) is 5.73 Å². The van der Waals surface area contributed by atoms with Crippen molar-refractivity contribution in [3.05, 3.63) is 52.8 Å². The second kappa shape index (κ2) is 4.75. The van der Waals surface area contributed by atoms with Crippen molar-refractivity contribution in [1.82, 2.24) is 0 Å². The maximum Gasteiger partial charge on any atom is 0.125 e. The zero-order valence-corrected chi connectivity index (χ0v) is 10.9. The standard InChI is InChI=1S/C13H12BrFN2/c1-17(11-5-2-9(14)3-6-11)13-7-4-10(15)8-12(13)16/h2-8H,16H2,1H3. The van der Waals surface area contributed by atoms with E-state index in [1.54, 1.807) is 6.07 Å². The fraction of sp³-hybridized carbons (Fsp3) is 0.0769. The number of rotatable bonds is 2. The number of anilines is 3. The van der Waals surface area contributed by atoms with Crippen LogP contribution in [0.2, 0.25) is 0 Å². The highest BCUT2D eigenvalue weighted by atomic mass is 79.9. The van der Waals surface area contributed by atoms with E-state index in [1.165, 1.54) is 12.1 Å². The van der Waals surface area contributed by atoms with Gasteiger partial charge in [-0.2, -0.15) is 0 Å². The average Bonchev–Trinajstić information content (AvgIpc) is 2.29. The summed E-state index contributed by atoms with van der Waals surface area (Å²) in [6.45, 7) is 0. The van der Waals surface area contributed by atoms with E-state index in [1.807, 2.05) is 36.2 Å². The van der Waals surface area contributed by atoms with E-state index in [2.05, 4.69) is 15.9 Å². The predicted molar refractivity (Wildman–Crippen MR) is 73.0 cm³/mol. The lowest BCUT2D eigenvalue weighted by molar-refractivity contribution is 0.628. The van der Waals surface area contributed by atoms with Gasteiger partial charge in [0.15, 0.2) is 0 Å². The minimum Gasteiger partial charge on any atom is -0.397 e. The first-order chi connectivity index (χ1) is 8.08. The Morgan fingerprint density at radius 1 is 1.12 bits per heavy atom. The molecular formula is C13H12BrFN2. The molecule has 0 aliphatic rings. The van der Waals surface area contributed by atoms with Gasteiger partial charge in [0.2, 0.25) is 0 Å². The topological polar surface area (TPSA) is 29.3 Å². The Hall–Kier alpha value is -1.55. The van der Waals surface area contributed by atoms with Crippen molar-refractivity contribution in [2.45, 2.75) is 0 Å². The molecule has 2 aromatic carbocycles. The van der Waals surface area contributed by atoms with Crippen LogP contribution < -0.4 is 10.6 Å². The van der Waals surface area contributed by atoms with Gasteiger partial charge in [-0.15, -0.1) is 0 Å². The summed E-state index contributed by atoms with van der Waals surface area (Å²) >= 11 is 3.38. The van der Waals surface area contributed by atoms with E-state index in [-0.39, 0.29) is 5.82 Å². The van der Waals surface area contributed by atoms with Crippen molar-refractivity contribution in [1.29, 1.82) is 0 Å². The van der Waals surface area contributed by atoms with Crippen LogP contribution in [-0.4, -0.2) is 7.05 Å². The van der Waals surface area contributed by atoms with Crippen LogP contribution in [0, 0.1) is 5.82 Å². The summed E-state index contributed by atoms with van der Waals surface area (Å²) in [7, 11) is 1.90. The number of hydrogen-bond donors (Lipinski definition) is 1. The van der Waals surface area contributed by atoms with Crippen molar-refractivity contribution < 1.29 is 4.39 Å². The number of benzene rings is 2. The predicted octanol–water partition coefficient (Wildman–Crippen LogP) is 3.94. The van der Waals surface area contributed by atoms with Crippen LogP contribution in [0.15, 0.2) is 46.9 Å². The van der Waals surface area contributed by atoms with E-state index < -0.39 is 0 Å². The van der Waals surface area contributed by atoms with Crippen LogP contribution in [0.25, 0.3) is 0 Å². The van der Waals surface area contributed by atoms with Gasteiger partial charge in [0.1, 0.15) is 5.82 Å². The van der Waals surface area contributed by atoms with E-state index in [0.717, 1.165) is 15.8 Å². The number of nitrogen functional groups attached to an aromatic ring is 1. The number of nitrogens with zero attached hydrogens (tertiary/aromatic N) is 1. The van der Waals surface area contributed by atoms with Crippen molar-refractivity contribution in [2.75, 3.05) is 17.7 Å². The second-order valence-electron chi connectivity index (χ2n) is 3.74. The first-order valence-electron chi connectivity index (χ1n) is 5.12. The number of halogens is 2. The Labute approximate surface area is 108 Å². The molecule has 0 unspecified atom stereocenters. The van der Waals surface area contributed by atoms with Crippen LogP contribution in [0.1, 0.15) is 0 Å². The molecule has 0 saturated carbocycles. The van der Waals surface area contributed by atoms with Crippen LogP contribution >= 0.6 is 15.9 Å². The van der Waals surface area contributed by atoms with Gasteiger partial charge in [-0.05, 0) is 42.5 Å². The molecule has 0 spiro atoms. The molecule has 0 radical (unpaired) electrons. The highest BCUT2D eigenvalue weighted by Gasteiger charge is 2.08. The Morgan fingerprint density at radius 3 is 2.35 bits per heavy atom. The molecule has 0 amide bonds. The molecule has 0 aliphatic carbocycles. The lowest BCUT2D eigenvalue weighted by atomic mass is 10.2. The summed E-state index contributed by atoms with van der Waals surface area (Å²) in [5, 5.41) is 0. The minimum absolute atomic E-state index is 0.324. The molecule has 2 rings (SSSR count). The van der Waals surface area contributed by atoms with Crippen LogP contribution in [0.4, 0.5) is 21.5 Å². The minimum atomic E-state index is -0.324. The van der Waals surface area contributed by atoms with E-state index >= 15 is 0 Å². The smallest absolute Gasteiger partial charge is 0.125 e. The molecule has 0 aromatic heterocycles. The quantitative estimate of drug-likeness (QED) is 0.850. The Kier molecular flexibility index (Phi) is 3.33. The molecule has 0 fully saturated rings. The summed E-state index contributed by atoms with van der Waals surface area (Å²) in [5.74, 6) is -0.324. The molecule has 0 aliphatic heterocycles. The average molecular weight is 295 g/mol. The van der Waals surface area contributed by atoms with Crippen molar-refractivity contribution in [3.63, 3.8) is 0 Å². The summed E-state index contributed by atoms with van der Waals surface area (Å²) in [6, 6.07) is 12.2. The Balaban J connectivity index is 2.36. The van der Waals surface area contributed by atoms with Gasteiger partial charge in [0.25, 0.3) is 0 Å². The summed E-state index contributed by atoms with van der Waals surface area (Å²) < 4.78 is 14.0. The molecule has 4 heteroatoms. The lowest BCUT2D eigenvalue weighted by Gasteiger charge is -2.21. The third-order valence-corrected chi connectivity index (χ3v) is 3.09. The largest absolute Gasteiger partial charge is 0.397 e. The van der Waals surface area contributed by atoms with Crippen LogP contribution in [-0.2, 0) is 0 Å². The summed E-state index contributed by atoms with van der Waals surface area (Å²) in [5.41, 5.74) is 8.00. The molecule has 2 nitrogen and oxygen atoms in total. The van der Waals surface area contributed by atoms with Crippen LogP contribution in [0.3, 0.4) is 0 Å². The second-order valence-corrected chi connectivity index (χ2v) is 4.65.